The lowest BCUT2D eigenvalue weighted by molar-refractivity contribution is 0.277. The Labute approximate surface area is 84.7 Å². The van der Waals surface area contributed by atoms with E-state index in [1.165, 1.54) is 0 Å². The molecule has 1 aromatic rings. The molecule has 14 heavy (non-hydrogen) atoms. The molecule has 4 heteroatoms. The number of aliphatic hydroxyl groups is 1. The molecule has 1 rings (SSSR count). The zero-order valence-electron chi connectivity index (χ0n) is 8.66. The van der Waals surface area contributed by atoms with Gasteiger partial charge in [0.2, 0.25) is 0 Å². The van der Waals surface area contributed by atoms with Crippen LogP contribution in [0.4, 0.5) is 11.4 Å². The van der Waals surface area contributed by atoms with Crippen molar-refractivity contribution in [2.24, 2.45) is 0 Å². The Kier molecular flexibility index (Phi) is 7.59. The minimum atomic E-state index is 0.134. The lowest BCUT2D eigenvalue weighted by Crippen LogP contribution is -2.05. The van der Waals surface area contributed by atoms with Crippen molar-refractivity contribution in [3.63, 3.8) is 0 Å². The van der Waals surface area contributed by atoms with Gasteiger partial charge < -0.3 is 20.9 Å². The van der Waals surface area contributed by atoms with Gasteiger partial charge in [-0.2, -0.15) is 0 Å². The van der Waals surface area contributed by atoms with E-state index < -0.39 is 0 Å². The van der Waals surface area contributed by atoms with Gasteiger partial charge in [-0.05, 0) is 18.2 Å². The summed E-state index contributed by atoms with van der Waals surface area (Å²) in [7, 11) is 3.25. The number of anilines is 2. The molecule has 1 aromatic carbocycles. The fourth-order valence-electron chi connectivity index (χ4n) is 0.849. The average molecular weight is 198 g/mol. The van der Waals surface area contributed by atoms with Crippen molar-refractivity contribution in [2.45, 2.75) is 0 Å². The number of methoxy groups -OCH3 is 1. The van der Waals surface area contributed by atoms with E-state index in [4.69, 9.17) is 10.8 Å². The predicted octanol–water partition coefficient (Wildman–Crippen LogP) is 0.936. The second kappa shape index (κ2) is 8.34. The maximum absolute atomic E-state index is 8.50. The molecule has 0 radical (unpaired) electrons. The number of nitrogens with one attached hydrogen (secondary N) is 1. The molecular formula is C10H18N2O2. The molecule has 0 saturated heterocycles. The van der Waals surface area contributed by atoms with Crippen molar-refractivity contribution < 1.29 is 9.84 Å². The van der Waals surface area contributed by atoms with Gasteiger partial charge in [-0.1, -0.05) is 6.07 Å². The Balaban J connectivity index is 0.000000500. The summed E-state index contributed by atoms with van der Waals surface area (Å²) in [5.74, 6) is 0. The number of hydrogen-bond donors (Lipinski definition) is 3. The van der Waals surface area contributed by atoms with Gasteiger partial charge in [-0.3, -0.25) is 0 Å². The first kappa shape index (κ1) is 12.7. The highest BCUT2D eigenvalue weighted by molar-refractivity contribution is 5.53. The van der Waals surface area contributed by atoms with Crippen LogP contribution < -0.4 is 11.1 Å². The Hall–Kier alpha value is -1.26. The zero-order chi connectivity index (χ0) is 10.8. The second-order valence-electron chi connectivity index (χ2n) is 2.68. The van der Waals surface area contributed by atoms with E-state index >= 15 is 0 Å². The molecule has 0 amide bonds. The number of benzene rings is 1. The summed E-state index contributed by atoms with van der Waals surface area (Å²) < 4.78 is 4.25. The molecule has 4 N–H and O–H groups in total. The fraction of sp³-hybridized carbons (Fsp3) is 0.400. The summed E-state index contributed by atoms with van der Waals surface area (Å²) in [5, 5.41) is 11.5. The number of nitrogen functional groups attached to an aromatic ring is 1. The minimum Gasteiger partial charge on any atom is -0.399 e. The number of rotatable bonds is 3. The first-order valence-corrected chi connectivity index (χ1v) is 4.35. The second-order valence-corrected chi connectivity index (χ2v) is 2.68. The zero-order valence-corrected chi connectivity index (χ0v) is 8.66. The van der Waals surface area contributed by atoms with Crippen molar-refractivity contribution in [2.75, 3.05) is 38.4 Å². The highest BCUT2D eigenvalue weighted by atomic mass is 16.4. The largest absolute Gasteiger partial charge is 0.399 e. The van der Waals surface area contributed by atoms with Crippen LogP contribution in [-0.4, -0.2) is 32.5 Å². The van der Waals surface area contributed by atoms with Crippen molar-refractivity contribution in [1.29, 1.82) is 0 Å². The van der Waals surface area contributed by atoms with Crippen LogP contribution in [0.25, 0.3) is 0 Å². The quantitative estimate of drug-likeness (QED) is 0.632. The summed E-state index contributed by atoms with van der Waals surface area (Å²) in [6.07, 6.45) is 0. The van der Waals surface area contributed by atoms with Crippen molar-refractivity contribution in [3.05, 3.63) is 24.3 Å². The summed E-state index contributed by atoms with van der Waals surface area (Å²) >= 11 is 0. The van der Waals surface area contributed by atoms with Crippen LogP contribution in [0.15, 0.2) is 24.3 Å². The maximum atomic E-state index is 8.50. The van der Waals surface area contributed by atoms with Gasteiger partial charge in [0.25, 0.3) is 0 Å². The number of nitrogens with two attached hydrogens (primary N) is 1. The molecular weight excluding hydrogens is 180 g/mol. The van der Waals surface area contributed by atoms with E-state index in [1.807, 2.05) is 24.3 Å². The highest BCUT2D eigenvalue weighted by Gasteiger charge is 1.89. The normalized spacial score (nSPS) is 8.79. The summed E-state index contributed by atoms with van der Waals surface area (Å²) in [4.78, 5) is 0. The standard InChI is InChI=1S/C8H12N2O.C2H6O/c9-7-2-1-3-8(6-7)10-4-5-11;1-3-2/h1-3,6,10-11H,4-5,9H2;1-2H3. The Morgan fingerprint density at radius 3 is 2.57 bits per heavy atom. The van der Waals surface area contributed by atoms with Crippen LogP contribution in [0.2, 0.25) is 0 Å². The van der Waals surface area contributed by atoms with Gasteiger partial charge in [0.1, 0.15) is 0 Å². The Morgan fingerprint density at radius 1 is 1.43 bits per heavy atom. The smallest absolute Gasteiger partial charge is 0.0604 e. The van der Waals surface area contributed by atoms with E-state index in [0.717, 1.165) is 11.4 Å². The van der Waals surface area contributed by atoms with Gasteiger partial charge in [0, 0.05) is 32.1 Å². The first-order chi connectivity index (χ1) is 6.74. The molecule has 0 saturated carbocycles. The van der Waals surface area contributed by atoms with Crippen LogP contribution in [0.1, 0.15) is 0 Å². The molecule has 0 aliphatic carbocycles. The summed E-state index contributed by atoms with van der Waals surface area (Å²) in [5.41, 5.74) is 7.20. The van der Waals surface area contributed by atoms with Gasteiger partial charge in [0.15, 0.2) is 0 Å². The lowest BCUT2D eigenvalue weighted by atomic mass is 10.3. The SMILES string of the molecule is COC.Nc1cccc(NCCO)c1. The van der Waals surface area contributed by atoms with E-state index in [0.29, 0.717) is 6.54 Å². The van der Waals surface area contributed by atoms with Crippen LogP contribution >= 0.6 is 0 Å². The fourth-order valence-corrected chi connectivity index (χ4v) is 0.849. The molecule has 0 aliphatic rings. The van der Waals surface area contributed by atoms with Gasteiger partial charge in [-0.25, -0.2) is 0 Å². The molecule has 0 bridgehead atoms. The van der Waals surface area contributed by atoms with E-state index in [1.54, 1.807) is 14.2 Å². The van der Waals surface area contributed by atoms with Crippen LogP contribution in [0, 0.1) is 0 Å². The Bertz CT molecular complexity index is 241. The third kappa shape index (κ3) is 6.28. The Morgan fingerprint density at radius 2 is 2.07 bits per heavy atom. The minimum absolute atomic E-state index is 0.134. The van der Waals surface area contributed by atoms with Crippen LogP contribution in [-0.2, 0) is 4.74 Å². The predicted molar refractivity (Wildman–Crippen MR) is 59.4 cm³/mol. The van der Waals surface area contributed by atoms with Crippen molar-refractivity contribution in [1.82, 2.24) is 0 Å². The number of aliphatic hydroxyl groups excluding tert-OH is 1. The molecule has 0 spiro atoms. The van der Waals surface area contributed by atoms with Gasteiger partial charge >= 0.3 is 0 Å². The topological polar surface area (TPSA) is 67.5 Å². The highest BCUT2D eigenvalue weighted by Crippen LogP contribution is 2.10. The number of ether oxygens (including phenoxy) is 1. The monoisotopic (exact) mass is 198 g/mol. The number of hydrogen-bond acceptors (Lipinski definition) is 4. The summed E-state index contributed by atoms with van der Waals surface area (Å²) in [6, 6.07) is 7.43. The van der Waals surface area contributed by atoms with E-state index in [9.17, 15) is 0 Å². The molecule has 0 atom stereocenters. The molecule has 4 nitrogen and oxygen atoms in total. The lowest BCUT2D eigenvalue weighted by Gasteiger charge is -2.03. The molecule has 80 valence electrons. The third-order valence-electron chi connectivity index (χ3n) is 1.33. The average Bonchev–Trinajstić information content (AvgIpc) is 2.16. The van der Waals surface area contributed by atoms with Crippen molar-refractivity contribution >= 4 is 11.4 Å². The summed E-state index contributed by atoms with van der Waals surface area (Å²) in [6.45, 7) is 0.693. The molecule has 0 fully saturated rings. The first-order valence-electron chi connectivity index (χ1n) is 4.35. The molecule has 0 heterocycles. The van der Waals surface area contributed by atoms with Gasteiger partial charge in [0.05, 0.1) is 6.61 Å². The van der Waals surface area contributed by atoms with E-state index in [2.05, 4.69) is 10.1 Å². The molecule has 0 aliphatic heterocycles. The van der Waals surface area contributed by atoms with Crippen LogP contribution in [0.3, 0.4) is 0 Å². The van der Waals surface area contributed by atoms with Crippen LogP contribution in [0.5, 0.6) is 0 Å². The van der Waals surface area contributed by atoms with Crippen molar-refractivity contribution in [3.8, 4) is 0 Å². The molecule has 0 unspecified atom stereocenters. The van der Waals surface area contributed by atoms with E-state index in [-0.39, 0.29) is 6.61 Å². The third-order valence-corrected chi connectivity index (χ3v) is 1.33. The van der Waals surface area contributed by atoms with Gasteiger partial charge in [-0.15, -0.1) is 0 Å². The molecule has 0 aromatic heterocycles. The maximum Gasteiger partial charge on any atom is 0.0604 e.